The van der Waals surface area contributed by atoms with Gasteiger partial charge in [-0.15, -0.1) is 0 Å². The van der Waals surface area contributed by atoms with Gasteiger partial charge in [0, 0.05) is 18.7 Å². The van der Waals surface area contributed by atoms with Crippen molar-refractivity contribution < 1.29 is 9.72 Å². The monoisotopic (exact) mass is 326 g/mol. The zero-order valence-corrected chi connectivity index (χ0v) is 12.8. The number of aromatic nitrogens is 2. The van der Waals surface area contributed by atoms with Crippen molar-refractivity contribution in [3.63, 3.8) is 0 Å². The Morgan fingerprint density at radius 2 is 2.04 bits per heavy atom. The minimum absolute atomic E-state index is 0.0928. The highest BCUT2D eigenvalue weighted by molar-refractivity contribution is 5.85. The maximum absolute atomic E-state index is 12.3. The predicted molar refractivity (Wildman–Crippen MR) is 88.0 cm³/mol. The number of nitrogens with one attached hydrogen (secondary N) is 2. The number of nitro groups is 1. The molecule has 0 fully saturated rings. The number of benzene rings is 2. The summed E-state index contributed by atoms with van der Waals surface area (Å²) < 4.78 is 0.812. The summed E-state index contributed by atoms with van der Waals surface area (Å²) >= 11 is 0. The first-order valence-electron chi connectivity index (χ1n) is 7.19. The highest BCUT2D eigenvalue weighted by Gasteiger charge is 2.16. The second kappa shape index (κ2) is 5.99. The molecule has 122 valence electrons. The fourth-order valence-corrected chi connectivity index (χ4v) is 2.41. The third-order valence-corrected chi connectivity index (χ3v) is 3.77. The SMILES string of the molecule is Cc1ccccc1CNC(=O)n1[nH]c2ccc([N+](=O)[O-])cc2c1=O. The summed E-state index contributed by atoms with van der Waals surface area (Å²) in [7, 11) is 0. The maximum Gasteiger partial charge on any atom is 0.343 e. The van der Waals surface area contributed by atoms with Gasteiger partial charge < -0.3 is 5.32 Å². The van der Waals surface area contributed by atoms with Crippen molar-refractivity contribution in [1.82, 2.24) is 15.1 Å². The number of hydrogen-bond donors (Lipinski definition) is 2. The van der Waals surface area contributed by atoms with Gasteiger partial charge in [0.25, 0.3) is 11.2 Å². The van der Waals surface area contributed by atoms with Gasteiger partial charge in [0.05, 0.1) is 15.8 Å². The van der Waals surface area contributed by atoms with Crippen LogP contribution in [0, 0.1) is 17.0 Å². The van der Waals surface area contributed by atoms with Crippen LogP contribution >= 0.6 is 0 Å². The third-order valence-electron chi connectivity index (χ3n) is 3.77. The molecule has 0 bridgehead atoms. The summed E-state index contributed by atoms with van der Waals surface area (Å²) in [6, 6.07) is 10.8. The summed E-state index contributed by atoms with van der Waals surface area (Å²) in [5, 5.41) is 16.2. The predicted octanol–water partition coefficient (Wildman–Crippen LogP) is 2.30. The van der Waals surface area contributed by atoms with Crippen molar-refractivity contribution >= 4 is 22.6 Å². The molecule has 0 unspecified atom stereocenters. The first-order valence-corrected chi connectivity index (χ1v) is 7.19. The molecule has 0 saturated carbocycles. The van der Waals surface area contributed by atoms with E-state index in [0.29, 0.717) is 5.52 Å². The molecule has 2 N–H and O–H groups in total. The zero-order valence-electron chi connectivity index (χ0n) is 12.8. The molecule has 3 rings (SSSR count). The molecule has 0 atom stereocenters. The minimum atomic E-state index is -0.629. The molecule has 3 aromatic rings. The number of nitro benzene ring substituents is 1. The van der Waals surface area contributed by atoms with Crippen molar-refractivity contribution in [3.05, 3.63) is 74.1 Å². The second-order valence-electron chi connectivity index (χ2n) is 5.32. The normalized spacial score (nSPS) is 10.7. The lowest BCUT2D eigenvalue weighted by Crippen LogP contribution is -2.35. The van der Waals surface area contributed by atoms with Crippen LogP contribution in [0.15, 0.2) is 47.3 Å². The van der Waals surface area contributed by atoms with Crippen LogP contribution in [0.4, 0.5) is 10.5 Å². The van der Waals surface area contributed by atoms with Gasteiger partial charge in [0.2, 0.25) is 0 Å². The molecule has 0 aliphatic rings. The van der Waals surface area contributed by atoms with Crippen molar-refractivity contribution in [3.8, 4) is 0 Å². The first-order chi connectivity index (χ1) is 11.5. The molecule has 0 aliphatic heterocycles. The molecule has 0 saturated heterocycles. The Morgan fingerprint density at radius 3 is 2.75 bits per heavy atom. The van der Waals surface area contributed by atoms with E-state index in [1.807, 2.05) is 31.2 Å². The topological polar surface area (TPSA) is 110 Å². The lowest BCUT2D eigenvalue weighted by molar-refractivity contribution is -0.384. The van der Waals surface area contributed by atoms with Crippen LogP contribution in [-0.4, -0.2) is 20.7 Å². The Labute approximate surface area is 135 Å². The number of fused-ring (bicyclic) bond motifs is 1. The Morgan fingerprint density at radius 1 is 1.29 bits per heavy atom. The van der Waals surface area contributed by atoms with Crippen molar-refractivity contribution in [2.45, 2.75) is 13.5 Å². The Bertz CT molecular complexity index is 1000. The van der Waals surface area contributed by atoms with Crippen LogP contribution in [0.5, 0.6) is 0 Å². The van der Waals surface area contributed by atoms with E-state index in [0.717, 1.165) is 21.9 Å². The van der Waals surface area contributed by atoms with E-state index >= 15 is 0 Å². The Hall–Kier alpha value is -3.42. The molecular formula is C16H14N4O4. The number of non-ortho nitro benzene ring substituents is 1. The molecule has 1 heterocycles. The fraction of sp³-hybridized carbons (Fsp3) is 0.125. The fourth-order valence-electron chi connectivity index (χ4n) is 2.41. The molecule has 0 aliphatic carbocycles. The van der Waals surface area contributed by atoms with Gasteiger partial charge in [-0.05, 0) is 24.1 Å². The second-order valence-corrected chi connectivity index (χ2v) is 5.32. The lowest BCUT2D eigenvalue weighted by Gasteiger charge is -2.07. The van der Waals surface area contributed by atoms with Crippen LogP contribution < -0.4 is 10.9 Å². The molecule has 8 nitrogen and oxygen atoms in total. The van der Waals surface area contributed by atoms with Gasteiger partial charge in [0.15, 0.2) is 0 Å². The largest absolute Gasteiger partial charge is 0.343 e. The number of carbonyl (C=O) groups excluding carboxylic acids is 1. The van der Waals surface area contributed by atoms with Gasteiger partial charge in [-0.2, -0.15) is 4.68 Å². The third kappa shape index (κ3) is 2.76. The molecule has 1 amide bonds. The first kappa shape index (κ1) is 15.5. The number of rotatable bonds is 3. The maximum atomic E-state index is 12.3. The molecule has 24 heavy (non-hydrogen) atoms. The number of aromatic amines is 1. The van der Waals surface area contributed by atoms with Crippen molar-refractivity contribution in [1.29, 1.82) is 0 Å². The number of hydrogen-bond acceptors (Lipinski definition) is 4. The van der Waals surface area contributed by atoms with E-state index in [2.05, 4.69) is 10.4 Å². The summed E-state index contributed by atoms with van der Waals surface area (Å²) in [6.45, 7) is 2.20. The highest BCUT2D eigenvalue weighted by Crippen LogP contribution is 2.16. The minimum Gasteiger partial charge on any atom is -0.332 e. The van der Waals surface area contributed by atoms with Crippen molar-refractivity contribution in [2.75, 3.05) is 0 Å². The van der Waals surface area contributed by atoms with Gasteiger partial charge in [-0.1, -0.05) is 24.3 Å². The van der Waals surface area contributed by atoms with Crippen LogP contribution in [0.25, 0.3) is 10.9 Å². The van der Waals surface area contributed by atoms with Crippen molar-refractivity contribution in [2.24, 2.45) is 0 Å². The summed E-state index contributed by atoms with van der Waals surface area (Å²) in [5.74, 6) is 0. The average molecular weight is 326 g/mol. The number of H-pyrrole nitrogens is 1. The Balaban J connectivity index is 1.87. The highest BCUT2D eigenvalue weighted by atomic mass is 16.6. The van der Waals surface area contributed by atoms with Crippen LogP contribution in [0.2, 0.25) is 0 Å². The van der Waals surface area contributed by atoms with E-state index in [1.165, 1.54) is 12.1 Å². The molecule has 0 spiro atoms. The lowest BCUT2D eigenvalue weighted by atomic mass is 10.1. The van der Waals surface area contributed by atoms with Crippen LogP contribution in [0.3, 0.4) is 0 Å². The zero-order chi connectivity index (χ0) is 17.3. The van der Waals surface area contributed by atoms with Gasteiger partial charge in [-0.3, -0.25) is 20.0 Å². The summed E-state index contributed by atoms with van der Waals surface area (Å²) in [4.78, 5) is 34.7. The average Bonchev–Trinajstić information content (AvgIpc) is 2.90. The summed E-state index contributed by atoms with van der Waals surface area (Å²) in [6.07, 6.45) is 0. The smallest absolute Gasteiger partial charge is 0.332 e. The van der Waals surface area contributed by atoms with E-state index in [-0.39, 0.29) is 17.6 Å². The molecule has 2 aromatic carbocycles. The van der Waals surface area contributed by atoms with E-state index in [4.69, 9.17) is 0 Å². The molecule has 1 aromatic heterocycles. The summed E-state index contributed by atoms with van der Waals surface area (Å²) in [5.41, 5.74) is 1.49. The molecule has 0 radical (unpaired) electrons. The van der Waals surface area contributed by atoms with E-state index in [1.54, 1.807) is 0 Å². The van der Waals surface area contributed by atoms with Crippen LogP contribution in [0.1, 0.15) is 11.1 Å². The van der Waals surface area contributed by atoms with Crippen LogP contribution in [-0.2, 0) is 6.54 Å². The molecule has 8 heteroatoms. The number of aryl methyl sites for hydroxylation is 1. The molecular weight excluding hydrogens is 312 g/mol. The van der Waals surface area contributed by atoms with Gasteiger partial charge >= 0.3 is 6.03 Å². The van der Waals surface area contributed by atoms with Gasteiger partial charge in [0.1, 0.15) is 0 Å². The van der Waals surface area contributed by atoms with Gasteiger partial charge in [-0.25, -0.2) is 4.79 Å². The Kier molecular flexibility index (Phi) is 3.87. The number of carbonyl (C=O) groups is 1. The number of nitrogens with zero attached hydrogens (tertiary/aromatic N) is 2. The standard InChI is InChI=1S/C16H14N4O4/c1-10-4-2-3-5-11(10)9-17-16(22)19-15(21)13-8-12(20(23)24)6-7-14(13)18-19/h2-8,18H,9H2,1H3,(H,17,22). The quantitative estimate of drug-likeness (QED) is 0.568. The number of amides is 1. The van der Waals surface area contributed by atoms with E-state index in [9.17, 15) is 19.7 Å². The van der Waals surface area contributed by atoms with E-state index < -0.39 is 16.5 Å².